The molecule has 0 aliphatic carbocycles. The van der Waals surface area contributed by atoms with E-state index in [0.717, 1.165) is 5.56 Å². The summed E-state index contributed by atoms with van der Waals surface area (Å²) in [6, 6.07) is 8.58. The lowest BCUT2D eigenvalue weighted by Gasteiger charge is -2.45. The highest BCUT2D eigenvalue weighted by Crippen LogP contribution is 2.28. The van der Waals surface area contributed by atoms with Crippen molar-refractivity contribution in [3.63, 3.8) is 0 Å². The van der Waals surface area contributed by atoms with E-state index in [4.69, 9.17) is 42.6 Å². The molecule has 0 radical (unpaired) electrons. The van der Waals surface area contributed by atoms with Crippen molar-refractivity contribution in [3.8, 4) is 0 Å². The number of rotatable bonds is 20. The molecule has 44 heavy (non-hydrogen) atoms. The molecule has 14 nitrogen and oxygen atoms in total. The first kappa shape index (κ1) is 37.0. The highest BCUT2D eigenvalue weighted by molar-refractivity contribution is 5.70. The van der Waals surface area contributed by atoms with Crippen LogP contribution in [0.5, 0.6) is 0 Å². The second kappa shape index (κ2) is 20.7. The van der Waals surface area contributed by atoms with Gasteiger partial charge in [0.1, 0.15) is 25.9 Å². The second-order valence-corrected chi connectivity index (χ2v) is 10.1. The van der Waals surface area contributed by atoms with Gasteiger partial charge in [-0.05, 0) is 5.56 Å². The fraction of sp³-hybridized carbons (Fsp3) is 0.667. The molecule has 1 saturated heterocycles. The number of hydrogen-bond donors (Lipinski definition) is 1. The molecule has 2 rings (SSSR count). The van der Waals surface area contributed by atoms with Crippen molar-refractivity contribution in [1.29, 1.82) is 0 Å². The fourth-order valence-corrected chi connectivity index (χ4v) is 4.20. The normalized spacial score (nSPS) is 21.5. The number of hydrogen-bond acceptors (Lipinski definition) is 14. The van der Waals surface area contributed by atoms with Gasteiger partial charge in [0.05, 0.1) is 45.7 Å². The fourth-order valence-electron chi connectivity index (χ4n) is 4.20. The third-order valence-electron chi connectivity index (χ3n) is 5.94. The van der Waals surface area contributed by atoms with Crippen LogP contribution < -0.4 is 5.32 Å². The molecule has 1 aliphatic heterocycles. The van der Waals surface area contributed by atoms with Crippen LogP contribution >= 0.6 is 0 Å². The molecule has 0 spiro atoms. The Kier molecular flexibility index (Phi) is 17.5. The molecular formula is C30H45NO13. The van der Waals surface area contributed by atoms with Crippen LogP contribution in [0, 0.1) is 0 Å². The lowest BCUT2D eigenvalue weighted by Crippen LogP contribution is -2.66. The summed E-state index contributed by atoms with van der Waals surface area (Å²) in [6.45, 7) is 8.64. The van der Waals surface area contributed by atoms with Gasteiger partial charge in [-0.2, -0.15) is 0 Å². The van der Waals surface area contributed by atoms with Gasteiger partial charge in [-0.25, -0.2) is 4.79 Å². The smallest absolute Gasteiger partial charge is 0.332 e. The van der Waals surface area contributed by atoms with Gasteiger partial charge in [0.2, 0.25) is 0 Å². The summed E-state index contributed by atoms with van der Waals surface area (Å²) >= 11 is 0. The molecular weight excluding hydrogens is 582 g/mol. The van der Waals surface area contributed by atoms with Crippen LogP contribution in [0.3, 0.4) is 0 Å². The number of ether oxygens (including phenoxy) is 9. The van der Waals surface area contributed by atoms with Gasteiger partial charge in [-0.15, -0.1) is 0 Å². The van der Waals surface area contributed by atoms with E-state index >= 15 is 0 Å². The zero-order valence-electron chi connectivity index (χ0n) is 26.0. The Morgan fingerprint density at radius 1 is 0.773 bits per heavy atom. The first-order valence-electron chi connectivity index (χ1n) is 14.5. The Morgan fingerprint density at radius 3 is 1.95 bits per heavy atom. The summed E-state index contributed by atoms with van der Waals surface area (Å²) in [5.41, 5.74) is 0.899. The molecule has 1 aromatic carbocycles. The van der Waals surface area contributed by atoms with Crippen molar-refractivity contribution in [1.82, 2.24) is 5.32 Å². The molecule has 0 aromatic heterocycles. The predicted octanol–water partition coefficient (Wildman–Crippen LogP) is 1.31. The van der Waals surface area contributed by atoms with E-state index < -0.39 is 54.5 Å². The van der Waals surface area contributed by atoms with E-state index in [1.165, 1.54) is 20.8 Å². The van der Waals surface area contributed by atoms with Crippen molar-refractivity contribution in [2.75, 3.05) is 52.9 Å². The minimum atomic E-state index is -1.05. The topological polar surface area (TPSA) is 163 Å². The maximum Gasteiger partial charge on any atom is 0.332 e. The Hall–Kier alpha value is -3.14. The third kappa shape index (κ3) is 15.0. The molecule has 0 saturated carbocycles. The average molecular weight is 628 g/mol. The lowest BCUT2D eigenvalue weighted by atomic mass is 9.95. The Balaban J connectivity index is 1.74. The van der Waals surface area contributed by atoms with Gasteiger partial charge >= 0.3 is 23.9 Å². The van der Waals surface area contributed by atoms with Crippen LogP contribution in [-0.4, -0.2) is 113 Å². The summed E-state index contributed by atoms with van der Waals surface area (Å²) < 4.78 is 49.6. The van der Waals surface area contributed by atoms with E-state index in [-0.39, 0.29) is 58.9 Å². The first-order valence-corrected chi connectivity index (χ1v) is 14.5. The lowest BCUT2D eigenvalue weighted by molar-refractivity contribution is -0.280. The molecule has 5 atom stereocenters. The van der Waals surface area contributed by atoms with Gasteiger partial charge in [0.25, 0.3) is 0 Å². The molecule has 248 valence electrons. The maximum absolute atomic E-state index is 12.0. The molecule has 1 N–H and O–H groups in total. The van der Waals surface area contributed by atoms with Crippen molar-refractivity contribution >= 4 is 23.9 Å². The van der Waals surface area contributed by atoms with E-state index in [0.29, 0.717) is 6.61 Å². The highest BCUT2D eigenvalue weighted by atomic mass is 16.7. The quantitative estimate of drug-likeness (QED) is 0.125. The summed E-state index contributed by atoms with van der Waals surface area (Å²) in [7, 11) is 0. The summed E-state index contributed by atoms with van der Waals surface area (Å²) in [5, 5.41) is 3.25. The molecule has 0 unspecified atom stereocenters. The predicted molar refractivity (Wildman–Crippen MR) is 153 cm³/mol. The Morgan fingerprint density at radius 2 is 1.36 bits per heavy atom. The minimum absolute atomic E-state index is 0.0759. The molecule has 0 amide bonds. The standard InChI is InChI=1S/C30H45NO13/c1-20(2)31-27-29(43-23(5)34)28(42-22(4)33)25(18-40-21(3)32)44-30(27)39-16-15-37-12-11-36-13-14-38-19-26(35)41-17-24-9-7-6-8-10-24/h6-10,20,25,27-31H,11-19H2,1-5H3/t25-,27-,28+,29-,30-/m1/s1. The van der Waals surface area contributed by atoms with Crippen LogP contribution in [0.15, 0.2) is 30.3 Å². The average Bonchev–Trinajstić information content (AvgIpc) is 2.96. The summed E-state index contributed by atoms with van der Waals surface area (Å²) in [6.07, 6.45) is -3.94. The number of carbonyl (C=O) groups is 4. The van der Waals surface area contributed by atoms with Crippen molar-refractivity contribution in [2.24, 2.45) is 0 Å². The zero-order valence-corrected chi connectivity index (χ0v) is 26.0. The van der Waals surface area contributed by atoms with E-state index in [1.54, 1.807) is 0 Å². The van der Waals surface area contributed by atoms with Crippen LogP contribution in [0.4, 0.5) is 0 Å². The molecule has 14 heteroatoms. The SMILES string of the molecule is CC(=O)OC[C@H]1O[C@@H](OCCOCCOCCOCC(=O)OCc2ccccc2)[C@H](NC(C)C)[C@@H](OC(C)=O)[C@H]1OC(C)=O. The highest BCUT2D eigenvalue weighted by Gasteiger charge is 2.51. The van der Waals surface area contributed by atoms with E-state index in [2.05, 4.69) is 5.32 Å². The van der Waals surface area contributed by atoms with Crippen molar-refractivity contribution < 1.29 is 61.8 Å². The van der Waals surface area contributed by atoms with Gasteiger partial charge in [-0.1, -0.05) is 44.2 Å². The molecule has 1 aliphatic rings. The molecule has 0 bridgehead atoms. The third-order valence-corrected chi connectivity index (χ3v) is 5.94. The Labute approximate surface area is 257 Å². The summed E-state index contributed by atoms with van der Waals surface area (Å²) in [5.74, 6) is -2.22. The number of esters is 4. The van der Waals surface area contributed by atoms with Crippen molar-refractivity contribution in [3.05, 3.63) is 35.9 Å². The van der Waals surface area contributed by atoms with Crippen molar-refractivity contribution in [2.45, 2.75) is 77.9 Å². The van der Waals surface area contributed by atoms with Crippen LogP contribution in [0.2, 0.25) is 0 Å². The summed E-state index contributed by atoms with van der Waals surface area (Å²) in [4.78, 5) is 47.1. The number of nitrogens with one attached hydrogen (secondary N) is 1. The zero-order chi connectivity index (χ0) is 32.3. The van der Waals surface area contributed by atoms with Gasteiger partial charge in [0, 0.05) is 26.8 Å². The van der Waals surface area contributed by atoms with Gasteiger partial charge < -0.3 is 47.9 Å². The van der Waals surface area contributed by atoms with Gasteiger partial charge in [-0.3, -0.25) is 14.4 Å². The maximum atomic E-state index is 12.0. The molecule has 1 fully saturated rings. The number of benzene rings is 1. The molecule has 1 aromatic rings. The first-order chi connectivity index (χ1) is 21.1. The monoisotopic (exact) mass is 627 g/mol. The van der Waals surface area contributed by atoms with Crippen LogP contribution in [-0.2, 0) is 68.4 Å². The largest absolute Gasteiger partial charge is 0.463 e. The second-order valence-electron chi connectivity index (χ2n) is 10.1. The van der Waals surface area contributed by atoms with Crippen LogP contribution in [0.25, 0.3) is 0 Å². The van der Waals surface area contributed by atoms with Crippen LogP contribution in [0.1, 0.15) is 40.2 Å². The molecule has 1 heterocycles. The number of carbonyl (C=O) groups excluding carboxylic acids is 4. The minimum Gasteiger partial charge on any atom is -0.463 e. The van der Waals surface area contributed by atoms with E-state index in [1.807, 2.05) is 44.2 Å². The Bertz CT molecular complexity index is 1010. The van der Waals surface area contributed by atoms with E-state index in [9.17, 15) is 19.2 Å². The van der Waals surface area contributed by atoms with Gasteiger partial charge in [0.15, 0.2) is 18.5 Å².